The van der Waals surface area contributed by atoms with E-state index in [1.807, 2.05) is 25.1 Å². The molecule has 10 heteroatoms. The van der Waals surface area contributed by atoms with Crippen LogP contribution in [0.4, 0.5) is 11.8 Å². The van der Waals surface area contributed by atoms with Crippen molar-refractivity contribution in [1.82, 2.24) is 9.97 Å². The van der Waals surface area contributed by atoms with Gasteiger partial charge in [-0.3, -0.25) is 4.79 Å². The van der Waals surface area contributed by atoms with Crippen molar-refractivity contribution >= 4 is 26.1 Å². The number of hydrogen-bond acceptors (Lipinski definition) is 9. The van der Waals surface area contributed by atoms with Crippen LogP contribution >= 0.6 is 0 Å². The van der Waals surface area contributed by atoms with Gasteiger partial charge in [0.25, 0.3) is 0 Å². The highest BCUT2D eigenvalue weighted by molar-refractivity contribution is 6.74. The number of aryl methyl sites for hydroxylation is 1. The fourth-order valence-corrected chi connectivity index (χ4v) is 5.16. The first kappa shape index (κ1) is 33.4. The number of methoxy groups -OCH3 is 1. The van der Waals surface area contributed by atoms with E-state index in [0.29, 0.717) is 38.5 Å². The molecule has 0 saturated heterocycles. The van der Waals surface area contributed by atoms with Crippen molar-refractivity contribution < 1.29 is 23.4 Å². The molecule has 0 bridgehead atoms. The first-order chi connectivity index (χ1) is 18.8. The van der Waals surface area contributed by atoms with Gasteiger partial charge >= 0.3 is 5.97 Å². The first-order valence-electron chi connectivity index (χ1n) is 14.2. The summed E-state index contributed by atoms with van der Waals surface area (Å²) < 4.78 is 23.2. The predicted molar refractivity (Wildman–Crippen MR) is 164 cm³/mol. The second-order valence-electron chi connectivity index (χ2n) is 11.7. The topological polar surface area (TPSA) is 118 Å². The number of carbonyl (C=O) groups excluding carboxylic acids is 1. The number of nitrogens with one attached hydrogen (secondary N) is 1. The second-order valence-corrected chi connectivity index (χ2v) is 16.5. The van der Waals surface area contributed by atoms with Crippen LogP contribution in [0, 0.1) is 6.92 Å². The third kappa shape index (κ3) is 10.3. The maximum absolute atomic E-state index is 11.2. The Morgan fingerprint density at radius 1 is 1.12 bits per heavy atom. The van der Waals surface area contributed by atoms with Crippen LogP contribution in [-0.4, -0.2) is 57.2 Å². The number of carbonyl (C=O) groups is 1. The molecule has 1 heterocycles. The Balaban J connectivity index is 2.12. The number of nitrogens with two attached hydrogens (primary N) is 1. The van der Waals surface area contributed by atoms with Crippen LogP contribution < -0.4 is 20.5 Å². The van der Waals surface area contributed by atoms with Crippen LogP contribution in [0.2, 0.25) is 18.1 Å². The number of nitrogen functional groups attached to an aromatic ring is 1. The lowest BCUT2D eigenvalue weighted by Gasteiger charge is -2.36. The van der Waals surface area contributed by atoms with Gasteiger partial charge < -0.3 is 29.7 Å². The number of hydrogen-bond donors (Lipinski definition) is 2. The van der Waals surface area contributed by atoms with Gasteiger partial charge in [-0.25, -0.2) is 4.98 Å². The van der Waals surface area contributed by atoms with Gasteiger partial charge in [0, 0.05) is 56.2 Å². The number of benzene rings is 1. The molecule has 0 saturated carbocycles. The molecule has 0 radical (unpaired) electrons. The molecule has 0 spiro atoms. The monoisotopic (exact) mass is 574 g/mol. The average molecular weight is 575 g/mol. The van der Waals surface area contributed by atoms with E-state index in [0.717, 1.165) is 47.6 Å². The van der Waals surface area contributed by atoms with Gasteiger partial charge in [0.05, 0.1) is 20.3 Å². The molecular formula is C30H50N4O5Si. The number of esters is 1. The third-order valence-corrected chi connectivity index (χ3v) is 12.0. The van der Waals surface area contributed by atoms with Gasteiger partial charge in [0.2, 0.25) is 5.95 Å². The maximum atomic E-state index is 11.2. The lowest BCUT2D eigenvalue weighted by Crippen LogP contribution is -2.41. The third-order valence-electron chi connectivity index (χ3n) is 7.43. The number of nitrogens with zero attached hydrogens (tertiary/aromatic N) is 2. The quantitative estimate of drug-likeness (QED) is 0.135. The van der Waals surface area contributed by atoms with Gasteiger partial charge in [0.15, 0.2) is 8.32 Å². The molecule has 0 aliphatic rings. The van der Waals surface area contributed by atoms with E-state index in [2.05, 4.69) is 56.1 Å². The normalized spacial score (nSPS) is 12.6. The zero-order chi connectivity index (χ0) is 29.9. The van der Waals surface area contributed by atoms with Crippen LogP contribution in [0.5, 0.6) is 11.5 Å². The van der Waals surface area contributed by atoms with E-state index in [1.54, 1.807) is 7.11 Å². The van der Waals surface area contributed by atoms with Crippen LogP contribution in [0.15, 0.2) is 18.2 Å². The highest BCUT2D eigenvalue weighted by Gasteiger charge is 2.36. The standard InChI is InChI=1S/C30H50N4O5Si/c1-10-12-24(15-18-37-22(3)35)33-28-26(21(2)32-29(31)34-28)19-23-13-14-25(20-27(23)36-7)38-16-11-17-39-40(8,9)30(4,5)6/h13-14,20,24H,10-12,15-19H2,1-9H3,(H3,31,32,33,34). The fourth-order valence-electron chi connectivity index (χ4n) is 4.07. The summed E-state index contributed by atoms with van der Waals surface area (Å²) in [6.45, 7) is 18.3. The first-order valence-corrected chi connectivity index (χ1v) is 17.1. The molecule has 2 aromatic rings. The van der Waals surface area contributed by atoms with Crippen molar-refractivity contribution in [2.24, 2.45) is 0 Å². The zero-order valence-electron chi connectivity index (χ0n) is 26.0. The highest BCUT2D eigenvalue weighted by atomic mass is 28.4. The van der Waals surface area contributed by atoms with Crippen LogP contribution in [0.1, 0.15) is 77.1 Å². The summed E-state index contributed by atoms with van der Waals surface area (Å²) in [7, 11) is -0.0916. The molecule has 2 rings (SSSR count). The number of ether oxygens (including phenoxy) is 3. The second kappa shape index (κ2) is 15.2. The van der Waals surface area contributed by atoms with Crippen molar-refractivity contribution in [1.29, 1.82) is 0 Å². The number of anilines is 2. The van der Waals surface area contributed by atoms with Crippen molar-refractivity contribution in [3.63, 3.8) is 0 Å². The Labute approximate surface area is 241 Å². The van der Waals surface area contributed by atoms with Crippen molar-refractivity contribution in [3.05, 3.63) is 35.0 Å². The minimum atomic E-state index is -1.75. The van der Waals surface area contributed by atoms with Crippen LogP contribution in [0.3, 0.4) is 0 Å². The van der Waals surface area contributed by atoms with Crippen LogP contribution in [-0.2, 0) is 20.4 Å². The summed E-state index contributed by atoms with van der Waals surface area (Å²) in [4.78, 5) is 20.2. The van der Waals surface area contributed by atoms with Crippen LogP contribution in [0.25, 0.3) is 0 Å². The fraction of sp³-hybridized carbons (Fsp3) is 0.633. The Morgan fingerprint density at radius 3 is 2.48 bits per heavy atom. The maximum Gasteiger partial charge on any atom is 0.302 e. The SMILES string of the molecule is CCCC(CCOC(C)=O)Nc1nc(N)nc(C)c1Cc1ccc(OCCCO[Si](C)(C)C(C)(C)C)cc1OC. The number of aromatic nitrogens is 2. The van der Waals surface area contributed by atoms with E-state index in [1.165, 1.54) is 6.92 Å². The van der Waals surface area contributed by atoms with E-state index in [4.69, 9.17) is 24.4 Å². The molecule has 0 aliphatic heterocycles. The summed E-state index contributed by atoms with van der Waals surface area (Å²) in [5.41, 5.74) is 8.75. The summed E-state index contributed by atoms with van der Waals surface area (Å²) in [6, 6.07) is 5.98. The van der Waals surface area contributed by atoms with E-state index < -0.39 is 8.32 Å². The summed E-state index contributed by atoms with van der Waals surface area (Å²) >= 11 is 0. The molecule has 40 heavy (non-hydrogen) atoms. The van der Waals surface area contributed by atoms with Crippen molar-refractivity contribution in [3.8, 4) is 11.5 Å². The summed E-state index contributed by atoms with van der Waals surface area (Å²) in [6.07, 6.45) is 3.93. The van der Waals surface area contributed by atoms with E-state index in [9.17, 15) is 4.79 Å². The average Bonchev–Trinajstić information content (AvgIpc) is 2.85. The molecule has 0 aliphatic carbocycles. The Hall–Kier alpha value is -2.85. The lowest BCUT2D eigenvalue weighted by molar-refractivity contribution is -0.141. The minimum absolute atomic E-state index is 0.0788. The van der Waals surface area contributed by atoms with Gasteiger partial charge in [-0.05, 0) is 43.1 Å². The molecule has 224 valence electrons. The molecule has 1 aromatic carbocycles. The Bertz CT molecular complexity index is 1100. The van der Waals surface area contributed by atoms with Gasteiger partial charge in [-0.15, -0.1) is 0 Å². The lowest BCUT2D eigenvalue weighted by atomic mass is 10.0. The largest absolute Gasteiger partial charge is 0.496 e. The highest BCUT2D eigenvalue weighted by Crippen LogP contribution is 2.36. The molecule has 1 aromatic heterocycles. The minimum Gasteiger partial charge on any atom is -0.496 e. The summed E-state index contributed by atoms with van der Waals surface area (Å²) in [5, 5.41) is 3.73. The van der Waals surface area contributed by atoms with Crippen molar-refractivity contribution in [2.75, 3.05) is 38.0 Å². The molecule has 9 nitrogen and oxygen atoms in total. The summed E-state index contributed by atoms with van der Waals surface area (Å²) in [5.74, 6) is 2.11. The zero-order valence-corrected chi connectivity index (χ0v) is 27.0. The Morgan fingerprint density at radius 2 is 1.85 bits per heavy atom. The van der Waals surface area contributed by atoms with Gasteiger partial charge in [-0.1, -0.05) is 40.2 Å². The van der Waals surface area contributed by atoms with E-state index in [-0.39, 0.29) is 23.0 Å². The van der Waals surface area contributed by atoms with Gasteiger partial charge in [0.1, 0.15) is 17.3 Å². The molecule has 1 unspecified atom stereocenters. The molecule has 0 amide bonds. The van der Waals surface area contributed by atoms with Crippen molar-refractivity contribution in [2.45, 2.75) is 97.8 Å². The smallest absolute Gasteiger partial charge is 0.302 e. The van der Waals surface area contributed by atoms with E-state index >= 15 is 0 Å². The molecule has 1 atom stereocenters. The molecule has 0 fully saturated rings. The number of rotatable bonds is 16. The Kier molecular flexibility index (Phi) is 12.7. The van der Waals surface area contributed by atoms with Gasteiger partial charge in [-0.2, -0.15) is 4.98 Å². The molecule has 3 N–H and O–H groups in total. The predicted octanol–water partition coefficient (Wildman–Crippen LogP) is 6.29. The molecular weight excluding hydrogens is 524 g/mol.